The largest absolute Gasteiger partial charge is 0.343 e. The Morgan fingerprint density at radius 1 is 1.18 bits per heavy atom. The Labute approximate surface area is 132 Å². The quantitative estimate of drug-likeness (QED) is 0.816. The standard InChI is InChI=1S/C18H24N2O2/c1-15(2)16-4-6-17(7-5-16)18(21-12-13-22-18)8-3-10-20-11-9-19-14-20/h4-7,9,11,14-15H,3,8,10,12-13H2,1-2H3. The Hall–Kier alpha value is -1.65. The number of aryl methyl sites for hydroxylation is 1. The van der Waals surface area contributed by atoms with Gasteiger partial charge >= 0.3 is 0 Å². The third kappa shape index (κ3) is 3.23. The fourth-order valence-electron chi connectivity index (χ4n) is 2.95. The highest BCUT2D eigenvalue weighted by Crippen LogP contribution is 2.36. The lowest BCUT2D eigenvalue weighted by Crippen LogP contribution is -2.27. The number of hydrogen-bond acceptors (Lipinski definition) is 3. The molecule has 22 heavy (non-hydrogen) atoms. The van der Waals surface area contributed by atoms with Gasteiger partial charge in [0.05, 0.1) is 19.5 Å². The molecule has 0 unspecified atom stereocenters. The molecule has 0 radical (unpaired) electrons. The molecule has 1 aliphatic heterocycles. The lowest BCUT2D eigenvalue weighted by atomic mass is 9.96. The summed E-state index contributed by atoms with van der Waals surface area (Å²) in [6, 6.07) is 8.67. The Kier molecular flexibility index (Phi) is 4.60. The van der Waals surface area contributed by atoms with Crippen LogP contribution in [0.15, 0.2) is 43.0 Å². The molecule has 118 valence electrons. The predicted octanol–water partition coefficient (Wildman–Crippen LogP) is 3.69. The Bertz CT molecular complexity index is 570. The van der Waals surface area contributed by atoms with Gasteiger partial charge in [0, 0.05) is 30.9 Å². The average molecular weight is 300 g/mol. The Morgan fingerprint density at radius 2 is 1.91 bits per heavy atom. The minimum atomic E-state index is -0.573. The second-order valence-corrected chi connectivity index (χ2v) is 6.13. The summed E-state index contributed by atoms with van der Waals surface area (Å²) in [4.78, 5) is 4.07. The fraction of sp³-hybridized carbons (Fsp3) is 0.500. The van der Waals surface area contributed by atoms with Gasteiger partial charge < -0.3 is 14.0 Å². The molecule has 0 spiro atoms. The molecule has 1 aromatic carbocycles. The van der Waals surface area contributed by atoms with E-state index in [1.165, 1.54) is 5.56 Å². The molecule has 1 aliphatic rings. The molecule has 0 amide bonds. The second-order valence-electron chi connectivity index (χ2n) is 6.13. The van der Waals surface area contributed by atoms with Crippen LogP contribution in [0.4, 0.5) is 0 Å². The van der Waals surface area contributed by atoms with E-state index in [2.05, 4.69) is 47.7 Å². The first kappa shape index (κ1) is 15.3. The number of hydrogen-bond donors (Lipinski definition) is 0. The summed E-state index contributed by atoms with van der Waals surface area (Å²) in [6.07, 6.45) is 7.48. The predicted molar refractivity (Wildman–Crippen MR) is 85.6 cm³/mol. The van der Waals surface area contributed by atoms with Crippen molar-refractivity contribution in [3.8, 4) is 0 Å². The summed E-state index contributed by atoms with van der Waals surface area (Å²) < 4.78 is 14.1. The molecule has 2 heterocycles. The van der Waals surface area contributed by atoms with Gasteiger partial charge in [-0.25, -0.2) is 4.98 Å². The molecule has 0 bridgehead atoms. The molecule has 0 saturated carbocycles. The van der Waals surface area contributed by atoms with Gasteiger partial charge in [0.15, 0.2) is 5.79 Å². The number of benzene rings is 1. The maximum atomic E-state index is 6.00. The Balaban J connectivity index is 1.70. The first-order chi connectivity index (χ1) is 10.7. The van der Waals surface area contributed by atoms with Gasteiger partial charge in [0.1, 0.15) is 0 Å². The number of aromatic nitrogens is 2. The van der Waals surface area contributed by atoms with Crippen LogP contribution < -0.4 is 0 Å². The average Bonchev–Trinajstić information content (AvgIpc) is 3.20. The second kappa shape index (κ2) is 6.63. The van der Waals surface area contributed by atoms with Crippen LogP contribution in [0.1, 0.15) is 43.7 Å². The molecule has 4 nitrogen and oxygen atoms in total. The molecule has 3 rings (SSSR count). The summed E-state index contributed by atoms with van der Waals surface area (Å²) in [5, 5.41) is 0. The van der Waals surface area contributed by atoms with Crippen molar-refractivity contribution in [2.24, 2.45) is 0 Å². The van der Waals surface area contributed by atoms with Crippen molar-refractivity contribution in [2.75, 3.05) is 13.2 Å². The molecule has 0 atom stereocenters. The molecule has 0 aliphatic carbocycles. The van der Waals surface area contributed by atoms with Crippen molar-refractivity contribution < 1.29 is 9.47 Å². The molecule has 4 heteroatoms. The van der Waals surface area contributed by atoms with Gasteiger partial charge in [-0.2, -0.15) is 0 Å². The third-order valence-corrected chi connectivity index (χ3v) is 4.25. The van der Waals surface area contributed by atoms with Crippen molar-refractivity contribution in [3.05, 3.63) is 54.1 Å². The summed E-state index contributed by atoms with van der Waals surface area (Å²) in [5.74, 6) is -0.0348. The topological polar surface area (TPSA) is 36.3 Å². The van der Waals surface area contributed by atoms with E-state index in [1.807, 2.05) is 18.7 Å². The van der Waals surface area contributed by atoms with Crippen LogP contribution in [-0.4, -0.2) is 22.8 Å². The molecule has 2 aromatic rings. The zero-order valence-electron chi connectivity index (χ0n) is 13.4. The first-order valence-corrected chi connectivity index (χ1v) is 8.04. The van der Waals surface area contributed by atoms with Crippen LogP contribution in [0, 0.1) is 0 Å². The molecule has 1 aromatic heterocycles. The van der Waals surface area contributed by atoms with Crippen LogP contribution in [0.2, 0.25) is 0 Å². The van der Waals surface area contributed by atoms with Gasteiger partial charge in [-0.15, -0.1) is 0 Å². The normalized spacial score (nSPS) is 17.2. The minimum absolute atomic E-state index is 0.539. The van der Waals surface area contributed by atoms with Crippen molar-refractivity contribution in [3.63, 3.8) is 0 Å². The molecular weight excluding hydrogens is 276 g/mol. The summed E-state index contributed by atoms with van der Waals surface area (Å²) in [6.45, 7) is 6.67. The monoisotopic (exact) mass is 300 g/mol. The maximum absolute atomic E-state index is 6.00. The van der Waals surface area contributed by atoms with Gasteiger partial charge in [0.2, 0.25) is 0 Å². The molecular formula is C18H24N2O2. The van der Waals surface area contributed by atoms with E-state index in [-0.39, 0.29) is 0 Å². The van der Waals surface area contributed by atoms with Gasteiger partial charge in [0.25, 0.3) is 0 Å². The lowest BCUT2D eigenvalue weighted by Gasteiger charge is -2.28. The molecule has 0 N–H and O–H groups in total. The van der Waals surface area contributed by atoms with Gasteiger partial charge in [-0.3, -0.25) is 0 Å². The number of imidazole rings is 1. The van der Waals surface area contributed by atoms with E-state index in [0.29, 0.717) is 19.1 Å². The van der Waals surface area contributed by atoms with Crippen LogP contribution in [-0.2, 0) is 21.8 Å². The number of ether oxygens (including phenoxy) is 2. The summed E-state index contributed by atoms with van der Waals surface area (Å²) >= 11 is 0. The van der Waals surface area contributed by atoms with E-state index >= 15 is 0 Å². The van der Waals surface area contributed by atoms with Gasteiger partial charge in [-0.05, 0) is 17.9 Å². The van der Waals surface area contributed by atoms with E-state index in [4.69, 9.17) is 9.47 Å². The maximum Gasteiger partial charge on any atom is 0.195 e. The Morgan fingerprint density at radius 3 is 2.50 bits per heavy atom. The van der Waals surface area contributed by atoms with Crippen molar-refractivity contribution >= 4 is 0 Å². The van der Waals surface area contributed by atoms with Crippen LogP contribution in [0.3, 0.4) is 0 Å². The SMILES string of the molecule is CC(C)c1ccc(C2(CCCn3ccnc3)OCCO2)cc1. The number of nitrogens with zero attached hydrogens (tertiary/aromatic N) is 2. The third-order valence-electron chi connectivity index (χ3n) is 4.25. The van der Waals surface area contributed by atoms with E-state index in [0.717, 1.165) is 24.9 Å². The van der Waals surface area contributed by atoms with Crippen molar-refractivity contribution in [1.29, 1.82) is 0 Å². The number of rotatable bonds is 6. The van der Waals surface area contributed by atoms with Crippen LogP contribution in [0.5, 0.6) is 0 Å². The fourth-order valence-corrected chi connectivity index (χ4v) is 2.95. The zero-order chi connectivity index (χ0) is 15.4. The van der Waals surface area contributed by atoms with E-state index in [1.54, 1.807) is 0 Å². The summed E-state index contributed by atoms with van der Waals surface area (Å²) in [7, 11) is 0. The van der Waals surface area contributed by atoms with Crippen molar-refractivity contribution in [2.45, 2.75) is 44.9 Å². The smallest absolute Gasteiger partial charge is 0.195 e. The molecule has 1 fully saturated rings. The van der Waals surface area contributed by atoms with Crippen molar-refractivity contribution in [1.82, 2.24) is 9.55 Å². The highest BCUT2D eigenvalue weighted by Gasteiger charge is 2.37. The summed E-state index contributed by atoms with van der Waals surface area (Å²) in [5.41, 5.74) is 2.47. The molecule has 1 saturated heterocycles. The minimum Gasteiger partial charge on any atom is -0.343 e. The zero-order valence-corrected chi connectivity index (χ0v) is 13.4. The highest BCUT2D eigenvalue weighted by atomic mass is 16.7. The van der Waals surface area contributed by atoms with E-state index < -0.39 is 5.79 Å². The van der Waals surface area contributed by atoms with Gasteiger partial charge in [-0.1, -0.05) is 38.1 Å². The van der Waals surface area contributed by atoms with Crippen LogP contribution in [0.25, 0.3) is 0 Å². The highest BCUT2D eigenvalue weighted by molar-refractivity contribution is 5.28. The lowest BCUT2D eigenvalue weighted by molar-refractivity contribution is -0.172. The first-order valence-electron chi connectivity index (χ1n) is 8.04. The van der Waals surface area contributed by atoms with E-state index in [9.17, 15) is 0 Å². The van der Waals surface area contributed by atoms with Crippen LogP contribution >= 0.6 is 0 Å².